The number of rotatable bonds is 9. The minimum atomic E-state index is -0.124. The second-order valence-electron chi connectivity index (χ2n) is 6.22. The number of benzene rings is 2. The smallest absolute Gasteiger partial charge is 0.234 e. The molecule has 0 aliphatic heterocycles. The third-order valence-corrected chi connectivity index (χ3v) is 6.82. The van der Waals surface area contributed by atoms with Crippen LogP contribution in [0.15, 0.2) is 47.6 Å². The Morgan fingerprint density at radius 1 is 1.07 bits per heavy atom. The van der Waals surface area contributed by atoms with Crippen LogP contribution in [-0.4, -0.2) is 26.4 Å². The van der Waals surface area contributed by atoms with E-state index in [2.05, 4.69) is 15.5 Å². The van der Waals surface area contributed by atoms with Crippen LogP contribution in [0.2, 0.25) is 15.1 Å². The molecule has 1 N–H and O–H groups in total. The van der Waals surface area contributed by atoms with Crippen LogP contribution in [0.5, 0.6) is 0 Å². The van der Waals surface area contributed by atoms with E-state index in [0.717, 1.165) is 28.8 Å². The first-order valence-corrected chi connectivity index (χ1v) is 12.4. The highest BCUT2D eigenvalue weighted by atomic mass is 35.5. The van der Waals surface area contributed by atoms with Crippen LogP contribution in [0.1, 0.15) is 18.3 Å². The maximum Gasteiger partial charge on any atom is 0.234 e. The first-order chi connectivity index (χ1) is 14.5. The third-order valence-electron chi connectivity index (χ3n) is 4.05. The van der Waals surface area contributed by atoms with Gasteiger partial charge in [0, 0.05) is 33.1 Å². The largest absolute Gasteiger partial charge is 0.325 e. The first-order valence-electron chi connectivity index (χ1n) is 9.08. The second-order valence-corrected chi connectivity index (χ2v) is 9.43. The van der Waals surface area contributed by atoms with Gasteiger partial charge in [-0.25, -0.2) is 0 Å². The number of amides is 1. The molecule has 3 rings (SSSR count). The number of halogens is 3. The summed E-state index contributed by atoms with van der Waals surface area (Å²) in [5.74, 6) is 2.41. The van der Waals surface area contributed by atoms with Crippen LogP contribution in [0, 0.1) is 0 Å². The molecule has 0 unspecified atom stereocenters. The predicted octanol–water partition coefficient (Wildman–Crippen LogP) is 6.42. The molecule has 0 spiro atoms. The van der Waals surface area contributed by atoms with E-state index < -0.39 is 0 Å². The van der Waals surface area contributed by atoms with Crippen molar-refractivity contribution in [3.8, 4) is 0 Å². The van der Waals surface area contributed by atoms with Crippen molar-refractivity contribution in [2.24, 2.45) is 0 Å². The Bertz CT molecular complexity index is 1030. The summed E-state index contributed by atoms with van der Waals surface area (Å²) >= 11 is 21.2. The molecular formula is C20H19Cl3N4OS2. The summed E-state index contributed by atoms with van der Waals surface area (Å²) in [4.78, 5) is 12.2. The van der Waals surface area contributed by atoms with Gasteiger partial charge >= 0.3 is 0 Å². The van der Waals surface area contributed by atoms with Crippen molar-refractivity contribution >= 4 is 69.9 Å². The predicted molar refractivity (Wildman–Crippen MR) is 128 cm³/mol. The first kappa shape index (κ1) is 23.3. The minimum Gasteiger partial charge on any atom is -0.325 e. The summed E-state index contributed by atoms with van der Waals surface area (Å²) in [6.07, 6.45) is 0. The molecule has 30 heavy (non-hydrogen) atoms. The maximum atomic E-state index is 12.2. The van der Waals surface area contributed by atoms with Crippen molar-refractivity contribution in [3.63, 3.8) is 0 Å². The van der Waals surface area contributed by atoms with Gasteiger partial charge in [0.05, 0.1) is 11.5 Å². The van der Waals surface area contributed by atoms with Gasteiger partial charge in [-0.1, -0.05) is 58.7 Å². The second kappa shape index (κ2) is 11.3. The van der Waals surface area contributed by atoms with E-state index in [-0.39, 0.29) is 11.7 Å². The Morgan fingerprint density at radius 3 is 2.60 bits per heavy atom. The molecule has 1 aromatic heterocycles. The van der Waals surface area contributed by atoms with Gasteiger partial charge in [0.25, 0.3) is 0 Å². The van der Waals surface area contributed by atoms with E-state index in [9.17, 15) is 4.79 Å². The molecule has 0 aliphatic rings. The molecule has 0 radical (unpaired) electrons. The molecule has 1 amide bonds. The van der Waals surface area contributed by atoms with Crippen LogP contribution in [0.25, 0.3) is 0 Å². The van der Waals surface area contributed by atoms with E-state index in [1.807, 2.05) is 23.6 Å². The van der Waals surface area contributed by atoms with E-state index in [4.69, 9.17) is 34.8 Å². The molecule has 2 aromatic carbocycles. The topological polar surface area (TPSA) is 59.8 Å². The summed E-state index contributed by atoms with van der Waals surface area (Å²) in [6.45, 7) is 2.76. The molecule has 0 atom stereocenters. The SMILES string of the molecule is CCn1c(CSCc2ccc(Cl)cc2Cl)nnc1SCC(=O)Nc1cccc(Cl)c1. The fraction of sp³-hybridized carbons (Fsp3) is 0.250. The Labute approximate surface area is 198 Å². The van der Waals surface area contributed by atoms with Gasteiger partial charge in [0.15, 0.2) is 5.16 Å². The number of anilines is 1. The monoisotopic (exact) mass is 500 g/mol. The number of hydrogen-bond acceptors (Lipinski definition) is 5. The molecule has 0 saturated heterocycles. The molecular weight excluding hydrogens is 483 g/mol. The zero-order chi connectivity index (χ0) is 21.5. The van der Waals surface area contributed by atoms with Crippen molar-refractivity contribution in [2.45, 2.75) is 30.1 Å². The number of hydrogen-bond donors (Lipinski definition) is 1. The Hall–Kier alpha value is -1.38. The number of carbonyl (C=O) groups excluding carboxylic acids is 1. The average Bonchev–Trinajstić information content (AvgIpc) is 3.10. The van der Waals surface area contributed by atoms with Crippen LogP contribution < -0.4 is 5.32 Å². The molecule has 5 nitrogen and oxygen atoms in total. The zero-order valence-corrected chi connectivity index (χ0v) is 20.0. The van der Waals surface area contributed by atoms with Crippen molar-refractivity contribution in [1.29, 1.82) is 0 Å². The Morgan fingerprint density at radius 2 is 1.87 bits per heavy atom. The number of thioether (sulfide) groups is 2. The fourth-order valence-corrected chi connectivity index (χ4v) is 5.17. The van der Waals surface area contributed by atoms with Gasteiger partial charge in [-0.15, -0.1) is 22.0 Å². The zero-order valence-electron chi connectivity index (χ0n) is 16.1. The molecule has 1 heterocycles. The highest BCUT2D eigenvalue weighted by molar-refractivity contribution is 7.99. The molecule has 10 heteroatoms. The van der Waals surface area contributed by atoms with Crippen molar-refractivity contribution in [2.75, 3.05) is 11.1 Å². The molecule has 0 saturated carbocycles. The molecule has 0 fully saturated rings. The minimum absolute atomic E-state index is 0.124. The maximum absolute atomic E-state index is 12.2. The van der Waals surface area contributed by atoms with Gasteiger partial charge in [0.2, 0.25) is 5.91 Å². The summed E-state index contributed by atoms with van der Waals surface area (Å²) in [6, 6.07) is 12.6. The molecule has 158 valence electrons. The number of nitrogens with one attached hydrogen (secondary N) is 1. The van der Waals surface area contributed by atoms with Gasteiger partial charge in [-0.05, 0) is 42.8 Å². The van der Waals surface area contributed by atoms with Crippen LogP contribution >= 0.6 is 58.3 Å². The van der Waals surface area contributed by atoms with Gasteiger partial charge in [0.1, 0.15) is 5.82 Å². The quantitative estimate of drug-likeness (QED) is 0.343. The number of aromatic nitrogens is 3. The summed E-state index contributed by atoms with van der Waals surface area (Å²) in [5.41, 5.74) is 1.70. The molecule has 0 bridgehead atoms. The lowest BCUT2D eigenvalue weighted by Gasteiger charge is -2.08. The molecule has 3 aromatic rings. The highest BCUT2D eigenvalue weighted by Crippen LogP contribution is 2.27. The number of carbonyl (C=O) groups is 1. The van der Waals surface area contributed by atoms with Crippen LogP contribution in [0.3, 0.4) is 0 Å². The summed E-state index contributed by atoms with van der Waals surface area (Å²) in [7, 11) is 0. The van der Waals surface area contributed by atoms with Gasteiger partial charge < -0.3 is 9.88 Å². The standard InChI is InChI=1S/C20H19Cl3N4OS2/c1-2-27-18(11-29-10-13-6-7-15(22)9-17(13)23)25-26-20(27)30-12-19(28)24-16-5-3-4-14(21)8-16/h3-9H,2,10-12H2,1H3,(H,24,28). The van der Waals surface area contributed by atoms with Crippen molar-refractivity contribution < 1.29 is 4.79 Å². The van der Waals surface area contributed by atoms with Gasteiger partial charge in [-0.2, -0.15) is 0 Å². The Kier molecular flexibility index (Phi) is 8.77. The Balaban J connectivity index is 1.53. The molecule has 0 aliphatic carbocycles. The fourth-order valence-electron chi connectivity index (χ4n) is 2.63. The van der Waals surface area contributed by atoms with Gasteiger partial charge in [-0.3, -0.25) is 4.79 Å². The van der Waals surface area contributed by atoms with Crippen LogP contribution in [-0.2, 0) is 22.8 Å². The normalized spacial score (nSPS) is 10.9. The van der Waals surface area contributed by atoms with E-state index in [1.165, 1.54) is 11.8 Å². The average molecular weight is 502 g/mol. The number of nitrogens with zero attached hydrogens (tertiary/aromatic N) is 3. The highest BCUT2D eigenvalue weighted by Gasteiger charge is 2.14. The van der Waals surface area contributed by atoms with Crippen molar-refractivity contribution in [1.82, 2.24) is 14.8 Å². The lowest BCUT2D eigenvalue weighted by molar-refractivity contribution is -0.113. The summed E-state index contributed by atoms with van der Waals surface area (Å²) < 4.78 is 2.02. The van der Waals surface area contributed by atoms with Crippen LogP contribution in [0.4, 0.5) is 5.69 Å². The third kappa shape index (κ3) is 6.56. The summed E-state index contributed by atoms with van der Waals surface area (Å²) in [5, 5.41) is 14.0. The van der Waals surface area contributed by atoms with E-state index in [1.54, 1.807) is 42.1 Å². The lowest BCUT2D eigenvalue weighted by Crippen LogP contribution is -2.14. The van der Waals surface area contributed by atoms with E-state index in [0.29, 0.717) is 26.5 Å². The van der Waals surface area contributed by atoms with E-state index >= 15 is 0 Å². The lowest BCUT2D eigenvalue weighted by atomic mass is 10.2. The van der Waals surface area contributed by atoms with Crippen molar-refractivity contribution in [3.05, 3.63) is 68.9 Å².